The van der Waals surface area contributed by atoms with Crippen molar-refractivity contribution in [3.05, 3.63) is 41.7 Å². The average Bonchev–Trinajstić information content (AvgIpc) is 2.94. The van der Waals surface area contributed by atoms with Crippen LogP contribution in [0.3, 0.4) is 0 Å². The third kappa shape index (κ3) is 5.14. The van der Waals surface area contributed by atoms with E-state index in [9.17, 15) is 13.5 Å². The van der Waals surface area contributed by atoms with Gasteiger partial charge in [-0.25, -0.2) is 13.1 Å². The molecule has 1 atom stereocenters. The fourth-order valence-corrected chi connectivity index (χ4v) is 2.63. The summed E-state index contributed by atoms with van der Waals surface area (Å²) in [6.07, 6.45) is 0.574. The summed E-state index contributed by atoms with van der Waals surface area (Å²) in [6, 6.07) is 6.44. The van der Waals surface area contributed by atoms with Gasteiger partial charge in [0.25, 0.3) is 0 Å². The fourth-order valence-electron chi connectivity index (χ4n) is 1.76. The second-order valence-corrected chi connectivity index (χ2v) is 6.79. The van der Waals surface area contributed by atoms with Gasteiger partial charge in [-0.15, -0.1) is 5.10 Å². The molecule has 0 aliphatic carbocycles. The molecular weight excluding hydrogens is 321 g/mol. The van der Waals surface area contributed by atoms with Crippen molar-refractivity contribution in [1.82, 2.24) is 15.0 Å². The van der Waals surface area contributed by atoms with E-state index < -0.39 is 15.8 Å². The first-order valence-corrected chi connectivity index (χ1v) is 8.40. The Morgan fingerprint density at radius 2 is 2.04 bits per heavy atom. The number of hydrogen-bond donors (Lipinski definition) is 2. The van der Waals surface area contributed by atoms with E-state index in [-0.39, 0.29) is 24.7 Å². The molecule has 1 aromatic carbocycles. The van der Waals surface area contributed by atoms with Crippen LogP contribution in [-0.4, -0.2) is 53.1 Å². The fraction of sp³-hybridized carbons (Fsp3) is 0.385. The first-order chi connectivity index (χ1) is 10.9. The maximum absolute atomic E-state index is 12.0. The van der Waals surface area contributed by atoms with Crippen LogP contribution in [0.15, 0.2) is 35.4 Å². The van der Waals surface area contributed by atoms with E-state index in [2.05, 4.69) is 10.3 Å². The third-order valence-electron chi connectivity index (χ3n) is 2.97. The smallest absolute Gasteiger partial charge is 0.418 e. The summed E-state index contributed by atoms with van der Waals surface area (Å²) >= 11 is 0. The van der Waals surface area contributed by atoms with Crippen molar-refractivity contribution >= 4 is 16.4 Å². The Morgan fingerprint density at radius 1 is 1.35 bits per heavy atom. The minimum Gasteiger partial charge on any atom is -0.418 e. The Kier molecular flexibility index (Phi) is 5.88. The molecule has 0 saturated heterocycles. The summed E-state index contributed by atoms with van der Waals surface area (Å²) in [5.41, 5.74) is 1.37. The van der Waals surface area contributed by atoms with Crippen molar-refractivity contribution in [3.8, 4) is 0 Å². The Bertz CT molecular complexity index is 732. The standard InChI is InChI=1S/C13H17BN3O5S/c1-10-2-4-13(5-3-10)23(20,21)14-22-9-11-6-17(16-15-11)7-12(19)8-18/h2-6,12,18-19H,7-9H2,1H3. The van der Waals surface area contributed by atoms with Gasteiger partial charge in [0, 0.05) is 0 Å². The molecule has 2 rings (SSSR count). The van der Waals surface area contributed by atoms with Crippen LogP contribution in [0, 0.1) is 6.92 Å². The van der Waals surface area contributed by atoms with Crippen molar-refractivity contribution in [1.29, 1.82) is 0 Å². The second-order valence-electron chi connectivity index (χ2n) is 5.03. The van der Waals surface area contributed by atoms with Crippen LogP contribution < -0.4 is 0 Å². The van der Waals surface area contributed by atoms with Gasteiger partial charge in [0.15, 0.2) is 9.69 Å². The molecule has 1 unspecified atom stereocenters. The lowest BCUT2D eigenvalue weighted by molar-refractivity contribution is 0.0778. The first kappa shape index (κ1) is 17.6. The van der Waals surface area contributed by atoms with E-state index in [1.807, 2.05) is 6.92 Å². The van der Waals surface area contributed by atoms with Crippen LogP contribution in [0.4, 0.5) is 0 Å². The highest BCUT2D eigenvalue weighted by atomic mass is 32.2. The number of aromatic nitrogens is 3. The summed E-state index contributed by atoms with van der Waals surface area (Å²) in [5, 5.41) is 25.6. The number of hydrogen-bond acceptors (Lipinski definition) is 7. The zero-order valence-electron chi connectivity index (χ0n) is 12.5. The number of aliphatic hydroxyl groups is 2. The van der Waals surface area contributed by atoms with Gasteiger partial charge in [-0.3, -0.25) is 0 Å². The maximum atomic E-state index is 12.0. The van der Waals surface area contributed by atoms with Crippen molar-refractivity contribution in [2.45, 2.75) is 31.1 Å². The van der Waals surface area contributed by atoms with E-state index in [1.54, 1.807) is 12.1 Å². The Hall–Kier alpha value is -1.75. The monoisotopic (exact) mass is 338 g/mol. The number of aryl methyl sites for hydroxylation is 1. The molecule has 0 spiro atoms. The van der Waals surface area contributed by atoms with Gasteiger partial charge in [0.1, 0.15) is 5.69 Å². The summed E-state index contributed by atoms with van der Waals surface area (Å²) in [5.74, 6) is 0. The molecule has 10 heteroatoms. The Balaban J connectivity index is 1.88. The highest BCUT2D eigenvalue weighted by molar-refractivity contribution is 8.14. The minimum atomic E-state index is -3.64. The van der Waals surface area contributed by atoms with E-state index in [0.29, 0.717) is 5.69 Å². The average molecular weight is 338 g/mol. The van der Waals surface area contributed by atoms with Crippen LogP contribution in [0.25, 0.3) is 0 Å². The molecule has 2 aromatic rings. The summed E-state index contributed by atoms with van der Waals surface area (Å²) in [4.78, 5) is 0.151. The predicted octanol–water partition coefficient (Wildman–Crippen LogP) is -0.536. The molecule has 0 aliphatic heterocycles. The molecule has 0 amide bonds. The number of nitrogens with zero attached hydrogens (tertiary/aromatic N) is 3. The quantitative estimate of drug-likeness (QED) is 0.622. The minimum absolute atomic E-state index is 0.0691. The SMILES string of the molecule is Cc1ccc(S(=O)(=O)[B]OCc2cn(CC(O)CO)nn2)cc1. The summed E-state index contributed by atoms with van der Waals surface area (Å²) < 4.78 is 30.5. The summed E-state index contributed by atoms with van der Waals surface area (Å²) in [6.45, 7) is 2.29. The highest BCUT2D eigenvalue weighted by Crippen LogP contribution is 2.11. The number of rotatable bonds is 8. The van der Waals surface area contributed by atoms with Crippen molar-refractivity contribution in [2.75, 3.05) is 6.61 Å². The Labute approximate surface area is 134 Å². The summed E-state index contributed by atoms with van der Waals surface area (Å²) in [7, 11) is -3.64. The predicted molar refractivity (Wildman–Crippen MR) is 82.0 cm³/mol. The molecule has 123 valence electrons. The lowest BCUT2D eigenvalue weighted by Gasteiger charge is -2.05. The number of benzene rings is 1. The van der Waals surface area contributed by atoms with Gasteiger partial charge in [-0.1, -0.05) is 22.9 Å². The van der Waals surface area contributed by atoms with Gasteiger partial charge in [-0.05, 0) is 19.1 Å². The molecule has 0 saturated carbocycles. The van der Waals surface area contributed by atoms with Crippen LogP contribution in [0.1, 0.15) is 11.3 Å². The van der Waals surface area contributed by atoms with Crippen molar-refractivity contribution in [3.63, 3.8) is 0 Å². The molecule has 1 heterocycles. The zero-order valence-corrected chi connectivity index (χ0v) is 13.3. The van der Waals surface area contributed by atoms with Gasteiger partial charge < -0.3 is 14.9 Å². The number of aliphatic hydroxyl groups excluding tert-OH is 2. The van der Waals surface area contributed by atoms with Crippen molar-refractivity contribution < 1.29 is 23.3 Å². The van der Waals surface area contributed by atoms with Crippen LogP contribution >= 0.6 is 0 Å². The molecule has 2 N–H and O–H groups in total. The molecule has 8 nitrogen and oxygen atoms in total. The normalized spacial score (nSPS) is 13.0. The van der Waals surface area contributed by atoms with Gasteiger partial charge >= 0.3 is 6.76 Å². The lowest BCUT2D eigenvalue weighted by Crippen LogP contribution is -2.20. The molecule has 0 fully saturated rings. The molecule has 1 aromatic heterocycles. The topological polar surface area (TPSA) is 115 Å². The zero-order chi connectivity index (χ0) is 16.9. The van der Waals surface area contributed by atoms with Crippen LogP contribution in [-0.2, 0) is 27.5 Å². The van der Waals surface area contributed by atoms with Gasteiger partial charge in [-0.2, -0.15) is 0 Å². The maximum Gasteiger partial charge on any atom is 0.461 e. The molecule has 0 bridgehead atoms. The molecule has 0 aliphatic rings. The van der Waals surface area contributed by atoms with E-state index in [0.717, 1.165) is 12.3 Å². The van der Waals surface area contributed by atoms with Crippen LogP contribution in [0.2, 0.25) is 0 Å². The molecular formula is C13H17BN3O5S. The Morgan fingerprint density at radius 3 is 2.70 bits per heavy atom. The van der Waals surface area contributed by atoms with Gasteiger partial charge in [0.2, 0.25) is 0 Å². The van der Waals surface area contributed by atoms with Crippen LogP contribution in [0.5, 0.6) is 0 Å². The highest BCUT2D eigenvalue weighted by Gasteiger charge is 2.18. The molecule has 1 radical (unpaired) electrons. The van der Waals surface area contributed by atoms with E-state index in [1.165, 1.54) is 23.0 Å². The molecule has 23 heavy (non-hydrogen) atoms. The second kappa shape index (κ2) is 7.69. The van der Waals surface area contributed by atoms with E-state index >= 15 is 0 Å². The third-order valence-corrected chi connectivity index (χ3v) is 4.29. The lowest BCUT2D eigenvalue weighted by atomic mass is 10.2. The largest absolute Gasteiger partial charge is 0.461 e. The van der Waals surface area contributed by atoms with Crippen molar-refractivity contribution in [2.24, 2.45) is 0 Å². The van der Waals surface area contributed by atoms with E-state index in [4.69, 9.17) is 9.76 Å². The van der Waals surface area contributed by atoms with Gasteiger partial charge in [0.05, 0.1) is 37.0 Å². The first-order valence-electron chi connectivity index (χ1n) is 6.85.